The van der Waals surface area contributed by atoms with Crippen LogP contribution in [0.1, 0.15) is 16.2 Å². The van der Waals surface area contributed by atoms with Crippen LogP contribution in [0.4, 0.5) is 0 Å². The smallest absolute Gasteiger partial charge is 0.339 e. The summed E-state index contributed by atoms with van der Waals surface area (Å²) in [7, 11) is 0. The number of hydrogen-bond acceptors (Lipinski definition) is 3. The molecule has 0 unspecified atom stereocenters. The molecule has 1 N–H and O–H groups in total. The van der Waals surface area contributed by atoms with Gasteiger partial charge in [0.1, 0.15) is 11.1 Å². The third-order valence-corrected chi connectivity index (χ3v) is 2.03. The highest BCUT2D eigenvalue weighted by Crippen LogP contribution is 2.20. The quantitative estimate of drug-likeness (QED) is 0.774. The van der Waals surface area contributed by atoms with Gasteiger partial charge in [0, 0.05) is 0 Å². The second-order valence-corrected chi connectivity index (χ2v) is 2.97. The first-order valence-corrected chi connectivity index (χ1v) is 4.43. The molecule has 0 radical (unpaired) electrons. The average molecular weight is 212 g/mol. The van der Waals surface area contributed by atoms with Crippen molar-refractivity contribution in [2.75, 3.05) is 0 Å². The van der Waals surface area contributed by atoms with Gasteiger partial charge in [0.15, 0.2) is 5.58 Å². The van der Waals surface area contributed by atoms with E-state index >= 15 is 0 Å². The number of benzene rings is 1. The third kappa shape index (κ3) is 1.33. The van der Waals surface area contributed by atoms with Crippen LogP contribution in [0.15, 0.2) is 22.6 Å². The van der Waals surface area contributed by atoms with Gasteiger partial charge < -0.3 is 9.52 Å². The van der Waals surface area contributed by atoms with Crippen molar-refractivity contribution in [3.8, 4) is 0 Å². The van der Waals surface area contributed by atoms with Crippen LogP contribution in [0.25, 0.3) is 11.1 Å². The lowest BCUT2D eigenvalue weighted by Gasteiger charge is -1.92. The van der Waals surface area contributed by atoms with E-state index in [1.807, 2.05) is 0 Å². The molecule has 1 aromatic heterocycles. The molecule has 0 aliphatic heterocycles. The van der Waals surface area contributed by atoms with Crippen molar-refractivity contribution < 1.29 is 14.3 Å². The van der Waals surface area contributed by atoms with Gasteiger partial charge in [-0.25, -0.2) is 9.78 Å². The molecule has 0 spiro atoms. The number of oxazole rings is 1. The van der Waals surface area contributed by atoms with E-state index < -0.39 is 5.97 Å². The lowest BCUT2D eigenvalue weighted by molar-refractivity contribution is 0.0698. The Morgan fingerprint density at radius 2 is 2.36 bits per heavy atom. The Kier molecular flexibility index (Phi) is 2.13. The second-order valence-electron chi connectivity index (χ2n) is 2.70. The van der Waals surface area contributed by atoms with Gasteiger partial charge in [-0.15, -0.1) is 11.6 Å². The zero-order valence-corrected chi connectivity index (χ0v) is 7.78. The lowest BCUT2D eigenvalue weighted by Crippen LogP contribution is -1.95. The van der Waals surface area contributed by atoms with E-state index in [0.717, 1.165) is 0 Å². The minimum Gasteiger partial charge on any atom is -0.478 e. The number of aromatic carboxylic acids is 1. The van der Waals surface area contributed by atoms with Crippen molar-refractivity contribution in [1.82, 2.24) is 4.98 Å². The number of nitrogens with zero attached hydrogens (tertiary/aromatic N) is 1. The summed E-state index contributed by atoms with van der Waals surface area (Å²) in [5, 5.41) is 8.84. The zero-order valence-electron chi connectivity index (χ0n) is 7.03. The topological polar surface area (TPSA) is 63.3 Å². The molecule has 0 fully saturated rings. The van der Waals surface area contributed by atoms with Crippen molar-refractivity contribution >= 4 is 28.7 Å². The molecule has 14 heavy (non-hydrogen) atoms. The van der Waals surface area contributed by atoms with Gasteiger partial charge in [0.25, 0.3) is 0 Å². The number of carboxylic acid groups (broad SMARTS) is 1. The van der Waals surface area contributed by atoms with Crippen LogP contribution < -0.4 is 0 Å². The fourth-order valence-corrected chi connectivity index (χ4v) is 1.34. The van der Waals surface area contributed by atoms with E-state index in [2.05, 4.69) is 4.98 Å². The second kappa shape index (κ2) is 3.31. The van der Waals surface area contributed by atoms with Crippen molar-refractivity contribution in [2.24, 2.45) is 0 Å². The summed E-state index contributed by atoms with van der Waals surface area (Å²) < 4.78 is 5.19. The molecular weight excluding hydrogens is 206 g/mol. The highest BCUT2D eigenvalue weighted by Gasteiger charge is 2.13. The first-order valence-electron chi connectivity index (χ1n) is 3.90. The maximum absolute atomic E-state index is 10.8. The molecule has 0 amide bonds. The summed E-state index contributed by atoms with van der Waals surface area (Å²) in [5.74, 6) is -0.573. The van der Waals surface area contributed by atoms with Crippen molar-refractivity contribution in [3.05, 3.63) is 29.7 Å². The number of para-hydroxylation sites is 1. The van der Waals surface area contributed by atoms with Crippen molar-refractivity contribution in [3.63, 3.8) is 0 Å². The minimum absolute atomic E-state index is 0.103. The third-order valence-electron chi connectivity index (χ3n) is 1.80. The highest BCUT2D eigenvalue weighted by atomic mass is 35.5. The van der Waals surface area contributed by atoms with Crippen LogP contribution in [0.5, 0.6) is 0 Å². The Morgan fingerprint density at radius 1 is 1.57 bits per heavy atom. The molecule has 5 heteroatoms. The van der Waals surface area contributed by atoms with Gasteiger partial charge in [-0.05, 0) is 12.1 Å². The highest BCUT2D eigenvalue weighted by molar-refractivity contribution is 6.16. The average Bonchev–Trinajstić information content (AvgIpc) is 2.59. The monoisotopic (exact) mass is 211 g/mol. The molecule has 1 aromatic carbocycles. The number of aromatic nitrogens is 1. The van der Waals surface area contributed by atoms with E-state index in [9.17, 15) is 4.79 Å². The predicted molar refractivity (Wildman–Crippen MR) is 50.5 cm³/mol. The molecule has 0 aliphatic carbocycles. The molecule has 0 saturated heterocycles. The SMILES string of the molecule is O=C(O)c1cccc2nc(CCl)oc12. The van der Waals surface area contributed by atoms with Gasteiger partial charge in [0.2, 0.25) is 5.89 Å². The summed E-state index contributed by atoms with van der Waals surface area (Å²) in [6.45, 7) is 0. The Labute approximate surface area is 84.1 Å². The van der Waals surface area contributed by atoms with Crippen LogP contribution in [-0.2, 0) is 5.88 Å². The number of halogens is 1. The van der Waals surface area contributed by atoms with Gasteiger partial charge in [-0.1, -0.05) is 6.07 Å². The maximum atomic E-state index is 10.8. The number of carbonyl (C=O) groups is 1. The fraction of sp³-hybridized carbons (Fsp3) is 0.111. The molecule has 4 nitrogen and oxygen atoms in total. The summed E-state index contributed by atoms with van der Waals surface area (Å²) in [6, 6.07) is 4.77. The lowest BCUT2D eigenvalue weighted by atomic mass is 10.2. The standard InChI is InChI=1S/C9H6ClNO3/c10-4-7-11-6-3-1-2-5(9(12)13)8(6)14-7/h1-3H,4H2,(H,12,13). The van der Waals surface area contributed by atoms with Gasteiger partial charge in [-0.2, -0.15) is 0 Å². The van der Waals surface area contributed by atoms with Gasteiger partial charge in [0.05, 0.1) is 5.88 Å². The van der Waals surface area contributed by atoms with Crippen LogP contribution in [0.3, 0.4) is 0 Å². The number of carboxylic acids is 1. The van der Waals surface area contributed by atoms with E-state index in [-0.39, 0.29) is 17.0 Å². The van der Waals surface area contributed by atoms with Gasteiger partial charge >= 0.3 is 5.97 Å². The van der Waals surface area contributed by atoms with Gasteiger partial charge in [-0.3, -0.25) is 0 Å². The summed E-state index contributed by atoms with van der Waals surface area (Å²) in [4.78, 5) is 14.8. The molecule has 2 aromatic rings. The normalized spacial score (nSPS) is 10.6. The number of rotatable bonds is 2. The predicted octanol–water partition coefficient (Wildman–Crippen LogP) is 2.26. The molecule has 1 heterocycles. The summed E-state index contributed by atoms with van der Waals surface area (Å²) in [5.41, 5.74) is 0.891. The molecule has 0 atom stereocenters. The molecule has 0 saturated carbocycles. The van der Waals surface area contributed by atoms with Crippen LogP contribution in [-0.4, -0.2) is 16.1 Å². The van der Waals surface area contributed by atoms with Crippen molar-refractivity contribution in [1.29, 1.82) is 0 Å². The first kappa shape index (κ1) is 9.02. The molecule has 72 valence electrons. The molecule has 2 rings (SSSR count). The largest absolute Gasteiger partial charge is 0.478 e. The Hall–Kier alpha value is -1.55. The maximum Gasteiger partial charge on any atom is 0.339 e. The molecule has 0 aliphatic rings. The van der Waals surface area contributed by atoms with E-state index in [4.69, 9.17) is 21.1 Å². The minimum atomic E-state index is -1.03. The van der Waals surface area contributed by atoms with Crippen LogP contribution >= 0.6 is 11.6 Å². The summed E-state index contributed by atoms with van der Waals surface area (Å²) in [6.07, 6.45) is 0. The molecular formula is C9H6ClNO3. The number of fused-ring (bicyclic) bond motifs is 1. The number of hydrogen-bond donors (Lipinski definition) is 1. The van der Waals surface area contributed by atoms with E-state index in [1.165, 1.54) is 6.07 Å². The number of alkyl halides is 1. The van der Waals surface area contributed by atoms with E-state index in [0.29, 0.717) is 11.4 Å². The zero-order chi connectivity index (χ0) is 10.1. The Bertz CT molecular complexity index is 492. The van der Waals surface area contributed by atoms with Crippen LogP contribution in [0, 0.1) is 0 Å². The first-order chi connectivity index (χ1) is 6.72. The van der Waals surface area contributed by atoms with Crippen LogP contribution in [0.2, 0.25) is 0 Å². The van der Waals surface area contributed by atoms with Crippen molar-refractivity contribution in [2.45, 2.75) is 5.88 Å². The van der Waals surface area contributed by atoms with E-state index in [1.54, 1.807) is 12.1 Å². The summed E-state index contributed by atoms with van der Waals surface area (Å²) >= 11 is 5.53. The Morgan fingerprint density at radius 3 is 3.00 bits per heavy atom. The fourth-order valence-electron chi connectivity index (χ4n) is 1.22. The molecule has 0 bridgehead atoms. The Balaban J connectivity index is 2.73.